The number of rotatable bonds is 7. The third-order valence-corrected chi connectivity index (χ3v) is 2.51. The second kappa shape index (κ2) is 7.84. The number of hydrogen-bond donors (Lipinski definition) is 2. The standard InChI is InChI=1S/C14H22N2O2/c1-3-18-10-12-5-4-6-13(9-12)16-14(17)8-7-11(2)15/h4-6,9,11H,3,7-8,10,15H2,1-2H3,(H,16,17). The summed E-state index contributed by atoms with van der Waals surface area (Å²) in [6, 6.07) is 7.75. The maximum absolute atomic E-state index is 11.6. The average molecular weight is 250 g/mol. The molecule has 1 aromatic carbocycles. The maximum Gasteiger partial charge on any atom is 0.224 e. The van der Waals surface area contributed by atoms with Crippen LogP contribution in [0.5, 0.6) is 0 Å². The van der Waals surface area contributed by atoms with E-state index in [1.54, 1.807) is 0 Å². The summed E-state index contributed by atoms with van der Waals surface area (Å²) in [6.45, 7) is 5.11. The molecule has 0 aliphatic heterocycles. The van der Waals surface area contributed by atoms with Crippen molar-refractivity contribution < 1.29 is 9.53 Å². The van der Waals surface area contributed by atoms with Crippen LogP contribution in [0.3, 0.4) is 0 Å². The second-order valence-electron chi connectivity index (χ2n) is 4.40. The lowest BCUT2D eigenvalue weighted by Crippen LogP contribution is -2.19. The molecule has 3 N–H and O–H groups in total. The number of carbonyl (C=O) groups excluding carboxylic acids is 1. The molecule has 18 heavy (non-hydrogen) atoms. The molecule has 0 heterocycles. The molecule has 1 rings (SSSR count). The fourth-order valence-corrected chi connectivity index (χ4v) is 1.54. The molecular formula is C14H22N2O2. The molecule has 1 unspecified atom stereocenters. The Morgan fingerprint density at radius 3 is 2.94 bits per heavy atom. The Kier molecular flexibility index (Phi) is 6.39. The van der Waals surface area contributed by atoms with Gasteiger partial charge in [0.2, 0.25) is 5.91 Å². The third-order valence-electron chi connectivity index (χ3n) is 2.51. The first-order valence-electron chi connectivity index (χ1n) is 6.34. The molecule has 1 aromatic rings. The van der Waals surface area contributed by atoms with Gasteiger partial charge in [-0.2, -0.15) is 0 Å². The van der Waals surface area contributed by atoms with Crippen molar-refractivity contribution in [1.29, 1.82) is 0 Å². The first kappa shape index (κ1) is 14.7. The minimum absolute atomic E-state index is 0.000796. The van der Waals surface area contributed by atoms with Crippen LogP contribution in [0.25, 0.3) is 0 Å². The van der Waals surface area contributed by atoms with Crippen molar-refractivity contribution in [2.45, 2.75) is 39.3 Å². The Morgan fingerprint density at radius 1 is 1.50 bits per heavy atom. The SMILES string of the molecule is CCOCc1cccc(NC(=O)CCC(C)N)c1. The number of carbonyl (C=O) groups is 1. The third kappa shape index (κ3) is 5.80. The van der Waals surface area contributed by atoms with Crippen molar-refractivity contribution in [1.82, 2.24) is 0 Å². The lowest BCUT2D eigenvalue weighted by atomic mass is 10.1. The molecule has 0 aliphatic rings. The topological polar surface area (TPSA) is 64.3 Å². The average Bonchev–Trinajstić information content (AvgIpc) is 2.34. The number of amides is 1. The van der Waals surface area contributed by atoms with Crippen LogP contribution in [0.15, 0.2) is 24.3 Å². The van der Waals surface area contributed by atoms with Gasteiger partial charge < -0.3 is 15.8 Å². The Balaban J connectivity index is 2.48. The van der Waals surface area contributed by atoms with E-state index >= 15 is 0 Å². The molecule has 0 radical (unpaired) electrons. The number of anilines is 1. The van der Waals surface area contributed by atoms with Crippen molar-refractivity contribution in [3.8, 4) is 0 Å². The van der Waals surface area contributed by atoms with Gasteiger partial charge in [-0.25, -0.2) is 0 Å². The predicted molar refractivity (Wildman–Crippen MR) is 73.3 cm³/mol. The highest BCUT2D eigenvalue weighted by Gasteiger charge is 2.04. The smallest absolute Gasteiger partial charge is 0.224 e. The normalized spacial score (nSPS) is 12.2. The fraction of sp³-hybridized carbons (Fsp3) is 0.500. The van der Waals surface area contributed by atoms with E-state index in [2.05, 4.69) is 5.32 Å². The van der Waals surface area contributed by atoms with Gasteiger partial charge in [0.15, 0.2) is 0 Å². The van der Waals surface area contributed by atoms with Crippen molar-refractivity contribution in [3.63, 3.8) is 0 Å². The predicted octanol–water partition coefficient (Wildman–Crippen LogP) is 2.29. The minimum Gasteiger partial charge on any atom is -0.377 e. The largest absolute Gasteiger partial charge is 0.377 e. The summed E-state index contributed by atoms with van der Waals surface area (Å²) in [4.78, 5) is 11.6. The molecule has 4 heteroatoms. The van der Waals surface area contributed by atoms with Crippen LogP contribution in [0.2, 0.25) is 0 Å². The molecule has 100 valence electrons. The summed E-state index contributed by atoms with van der Waals surface area (Å²) in [6.07, 6.45) is 1.15. The van der Waals surface area contributed by atoms with Gasteiger partial charge in [0.1, 0.15) is 0 Å². The first-order valence-corrected chi connectivity index (χ1v) is 6.34. The van der Waals surface area contributed by atoms with Crippen molar-refractivity contribution in [3.05, 3.63) is 29.8 Å². The van der Waals surface area contributed by atoms with Gasteiger partial charge in [-0.1, -0.05) is 12.1 Å². The zero-order valence-electron chi connectivity index (χ0n) is 11.1. The summed E-state index contributed by atoms with van der Waals surface area (Å²) in [5.74, 6) is 0.000796. The number of nitrogens with two attached hydrogens (primary N) is 1. The maximum atomic E-state index is 11.6. The Bertz CT molecular complexity index is 378. The van der Waals surface area contributed by atoms with Gasteiger partial charge in [0.25, 0.3) is 0 Å². The molecule has 1 atom stereocenters. The molecular weight excluding hydrogens is 228 g/mol. The fourth-order valence-electron chi connectivity index (χ4n) is 1.54. The van der Waals surface area contributed by atoms with Crippen LogP contribution in [-0.4, -0.2) is 18.6 Å². The molecule has 1 amide bonds. The summed E-state index contributed by atoms with van der Waals surface area (Å²) in [7, 11) is 0. The number of ether oxygens (including phenoxy) is 1. The molecule has 4 nitrogen and oxygen atoms in total. The second-order valence-corrected chi connectivity index (χ2v) is 4.40. The summed E-state index contributed by atoms with van der Waals surface area (Å²) >= 11 is 0. The summed E-state index contributed by atoms with van der Waals surface area (Å²) in [5, 5.41) is 2.86. The molecule has 0 saturated heterocycles. The van der Waals surface area contributed by atoms with Crippen LogP contribution in [0, 0.1) is 0 Å². The van der Waals surface area contributed by atoms with Crippen LogP contribution in [-0.2, 0) is 16.1 Å². The lowest BCUT2D eigenvalue weighted by molar-refractivity contribution is -0.116. The van der Waals surface area contributed by atoms with E-state index in [-0.39, 0.29) is 11.9 Å². The van der Waals surface area contributed by atoms with Crippen LogP contribution in [0.4, 0.5) is 5.69 Å². The van der Waals surface area contributed by atoms with Gasteiger partial charge in [0.05, 0.1) is 6.61 Å². The van der Waals surface area contributed by atoms with E-state index in [0.717, 1.165) is 11.3 Å². The first-order chi connectivity index (χ1) is 8.61. The monoisotopic (exact) mass is 250 g/mol. The van der Waals surface area contributed by atoms with Crippen LogP contribution in [0.1, 0.15) is 32.3 Å². The summed E-state index contributed by atoms with van der Waals surface area (Å²) < 4.78 is 5.33. The highest BCUT2D eigenvalue weighted by atomic mass is 16.5. The van der Waals surface area contributed by atoms with E-state index in [0.29, 0.717) is 26.1 Å². The van der Waals surface area contributed by atoms with E-state index in [9.17, 15) is 4.79 Å². The molecule has 0 spiro atoms. The zero-order valence-corrected chi connectivity index (χ0v) is 11.1. The van der Waals surface area contributed by atoms with Gasteiger partial charge >= 0.3 is 0 Å². The minimum atomic E-state index is 0.000796. The Morgan fingerprint density at radius 2 is 2.28 bits per heavy atom. The Hall–Kier alpha value is -1.39. The molecule has 0 fully saturated rings. The Labute approximate surface area is 109 Å². The van der Waals surface area contributed by atoms with Crippen molar-refractivity contribution >= 4 is 11.6 Å². The van der Waals surface area contributed by atoms with E-state index < -0.39 is 0 Å². The van der Waals surface area contributed by atoms with E-state index in [1.807, 2.05) is 38.1 Å². The molecule has 0 aromatic heterocycles. The highest BCUT2D eigenvalue weighted by molar-refractivity contribution is 5.90. The van der Waals surface area contributed by atoms with Gasteiger partial charge in [-0.15, -0.1) is 0 Å². The van der Waals surface area contributed by atoms with Crippen LogP contribution < -0.4 is 11.1 Å². The quantitative estimate of drug-likeness (QED) is 0.780. The molecule has 0 bridgehead atoms. The number of nitrogens with one attached hydrogen (secondary N) is 1. The zero-order chi connectivity index (χ0) is 13.4. The van der Waals surface area contributed by atoms with E-state index in [4.69, 9.17) is 10.5 Å². The van der Waals surface area contributed by atoms with Gasteiger partial charge in [0, 0.05) is 24.8 Å². The lowest BCUT2D eigenvalue weighted by Gasteiger charge is -2.08. The van der Waals surface area contributed by atoms with Crippen LogP contribution >= 0.6 is 0 Å². The number of benzene rings is 1. The van der Waals surface area contributed by atoms with Crippen molar-refractivity contribution in [2.24, 2.45) is 5.73 Å². The van der Waals surface area contributed by atoms with Crippen molar-refractivity contribution in [2.75, 3.05) is 11.9 Å². The molecule has 0 aliphatic carbocycles. The van der Waals surface area contributed by atoms with Gasteiger partial charge in [-0.3, -0.25) is 4.79 Å². The molecule has 0 saturated carbocycles. The highest BCUT2D eigenvalue weighted by Crippen LogP contribution is 2.12. The van der Waals surface area contributed by atoms with E-state index in [1.165, 1.54) is 0 Å². The van der Waals surface area contributed by atoms with Gasteiger partial charge in [-0.05, 0) is 38.0 Å². The number of hydrogen-bond acceptors (Lipinski definition) is 3. The summed E-state index contributed by atoms with van der Waals surface area (Å²) in [5.41, 5.74) is 7.48.